The molecule has 0 aliphatic carbocycles. The summed E-state index contributed by atoms with van der Waals surface area (Å²) in [7, 11) is 0. The zero-order valence-electron chi connectivity index (χ0n) is 18.8. The molecule has 1 atom stereocenters. The van der Waals surface area contributed by atoms with Gasteiger partial charge in [-0.3, -0.25) is 9.59 Å². The molecule has 1 saturated heterocycles. The van der Waals surface area contributed by atoms with Crippen molar-refractivity contribution in [3.63, 3.8) is 0 Å². The Kier molecular flexibility index (Phi) is 5.09. The third kappa shape index (κ3) is 3.53. The maximum absolute atomic E-state index is 14.2. The molecule has 2 amide bonds. The fourth-order valence-corrected chi connectivity index (χ4v) is 6.54. The van der Waals surface area contributed by atoms with E-state index in [0.29, 0.717) is 13.1 Å². The number of carbonyl (C=O) groups excluding carboxylic acids is 2. The lowest BCUT2D eigenvalue weighted by Crippen LogP contribution is -2.50. The number of carbonyl (C=O) groups is 2. The number of amides is 2. The molecule has 0 radical (unpaired) electrons. The second-order valence-electron chi connectivity index (χ2n) is 9.30. The van der Waals surface area contributed by atoms with Gasteiger partial charge in [-0.2, -0.15) is 0 Å². The predicted molar refractivity (Wildman–Crippen MR) is 130 cm³/mol. The molecule has 168 valence electrons. The lowest BCUT2D eigenvalue weighted by molar-refractivity contribution is -0.123. The number of halogens is 1. The average Bonchev–Trinajstić information content (AvgIpc) is 3.20. The van der Waals surface area contributed by atoms with Gasteiger partial charge in [0.15, 0.2) is 4.87 Å². The molecule has 2 aliphatic heterocycles. The fourth-order valence-electron chi connectivity index (χ4n) is 4.82. The number of anilines is 1. The third-order valence-corrected chi connectivity index (χ3v) is 7.78. The molecule has 1 fully saturated rings. The van der Waals surface area contributed by atoms with Crippen LogP contribution in [-0.4, -0.2) is 28.0 Å². The van der Waals surface area contributed by atoms with Gasteiger partial charge in [0.2, 0.25) is 0 Å². The Morgan fingerprint density at radius 2 is 1.79 bits per heavy atom. The van der Waals surface area contributed by atoms with Crippen molar-refractivity contribution in [1.29, 1.82) is 0 Å². The summed E-state index contributed by atoms with van der Waals surface area (Å²) in [6.07, 6.45) is 0. The first kappa shape index (κ1) is 21.7. The van der Waals surface area contributed by atoms with Crippen molar-refractivity contribution in [1.82, 2.24) is 4.90 Å². The molecule has 2 heterocycles. The molecule has 2 aliphatic rings. The lowest BCUT2D eigenvalue weighted by atomic mass is 10.0. The highest BCUT2D eigenvalue weighted by atomic mass is 32.2. The first-order valence-corrected chi connectivity index (χ1v) is 11.8. The van der Waals surface area contributed by atoms with Crippen LogP contribution in [-0.2, 0) is 16.2 Å². The van der Waals surface area contributed by atoms with Gasteiger partial charge >= 0.3 is 0 Å². The first-order chi connectivity index (χ1) is 15.7. The van der Waals surface area contributed by atoms with E-state index in [-0.39, 0.29) is 22.1 Å². The highest BCUT2D eigenvalue weighted by Gasteiger charge is 2.63. The van der Waals surface area contributed by atoms with Gasteiger partial charge in [-0.1, -0.05) is 54.1 Å². The lowest BCUT2D eigenvalue weighted by Gasteiger charge is -2.33. The highest BCUT2D eigenvalue weighted by molar-refractivity contribution is 8.02. The second kappa shape index (κ2) is 7.73. The average molecular weight is 461 g/mol. The Hall–Kier alpha value is -3.12. The van der Waals surface area contributed by atoms with Crippen LogP contribution in [0.4, 0.5) is 10.1 Å². The Morgan fingerprint density at radius 1 is 1.03 bits per heavy atom. The summed E-state index contributed by atoms with van der Waals surface area (Å²) in [5, 5.41) is 0. The maximum Gasteiger partial charge on any atom is 0.268 e. The number of nitrogens with zero attached hydrogens (tertiary/aromatic N) is 2. The van der Waals surface area contributed by atoms with Crippen LogP contribution in [0.5, 0.6) is 0 Å². The van der Waals surface area contributed by atoms with Gasteiger partial charge in [0, 0.05) is 22.4 Å². The molecular weight excluding hydrogens is 435 g/mol. The SMILES string of the molecule is Cc1ccc2c(c1)C1(SC(C)(C)CN1C(=O)c1cccc(F)c1)C(=O)N2Cc1ccccc1. The van der Waals surface area contributed by atoms with E-state index in [0.717, 1.165) is 22.4 Å². The van der Waals surface area contributed by atoms with E-state index in [9.17, 15) is 14.0 Å². The van der Waals surface area contributed by atoms with Crippen molar-refractivity contribution >= 4 is 29.3 Å². The van der Waals surface area contributed by atoms with Gasteiger partial charge in [0.25, 0.3) is 11.8 Å². The summed E-state index contributed by atoms with van der Waals surface area (Å²) in [5.41, 5.74) is 3.92. The standard InChI is InChI=1S/C27H25FN2O2S/c1-18-12-13-23-22(14-18)27(25(32)29(23)16-19-8-5-4-6-9-19)30(17-26(2,3)33-27)24(31)20-10-7-11-21(28)15-20/h4-15H,16-17H2,1-3H3. The highest BCUT2D eigenvalue weighted by Crippen LogP contribution is 2.60. The molecule has 4 nitrogen and oxygen atoms in total. The molecule has 33 heavy (non-hydrogen) atoms. The van der Waals surface area contributed by atoms with E-state index in [1.54, 1.807) is 15.9 Å². The van der Waals surface area contributed by atoms with Gasteiger partial charge in [-0.05, 0) is 50.6 Å². The van der Waals surface area contributed by atoms with Gasteiger partial charge in [0.05, 0.1) is 12.2 Å². The van der Waals surface area contributed by atoms with Gasteiger partial charge < -0.3 is 9.80 Å². The van der Waals surface area contributed by atoms with Crippen molar-refractivity contribution < 1.29 is 14.0 Å². The van der Waals surface area contributed by atoms with Crippen LogP contribution in [0.25, 0.3) is 0 Å². The summed E-state index contributed by atoms with van der Waals surface area (Å²) in [5.74, 6) is -0.942. The number of rotatable bonds is 3. The Morgan fingerprint density at radius 3 is 2.52 bits per heavy atom. The fraction of sp³-hybridized carbons (Fsp3) is 0.259. The Labute approximate surface area is 197 Å². The number of thioether (sulfide) groups is 1. The van der Waals surface area contributed by atoms with Crippen LogP contribution >= 0.6 is 11.8 Å². The quantitative estimate of drug-likeness (QED) is 0.518. The molecule has 1 unspecified atom stereocenters. The molecule has 1 spiro atoms. The Balaban J connectivity index is 1.66. The van der Waals surface area contributed by atoms with Crippen molar-refractivity contribution in [3.05, 3.63) is 101 Å². The van der Waals surface area contributed by atoms with Crippen molar-refractivity contribution in [2.24, 2.45) is 0 Å². The van der Waals surface area contributed by atoms with E-state index < -0.39 is 10.7 Å². The van der Waals surface area contributed by atoms with Crippen LogP contribution < -0.4 is 4.90 Å². The minimum absolute atomic E-state index is 0.132. The molecule has 3 aromatic carbocycles. The number of hydrogen-bond acceptors (Lipinski definition) is 3. The van der Waals surface area contributed by atoms with Crippen molar-refractivity contribution in [2.75, 3.05) is 11.4 Å². The summed E-state index contributed by atoms with van der Waals surface area (Å²) in [4.78, 5) is 30.2. The minimum atomic E-state index is -1.19. The van der Waals surface area contributed by atoms with Crippen LogP contribution in [0, 0.1) is 12.7 Å². The Bertz CT molecular complexity index is 1260. The van der Waals surface area contributed by atoms with Crippen LogP contribution in [0.15, 0.2) is 72.8 Å². The molecule has 0 aromatic heterocycles. The number of hydrogen-bond donors (Lipinski definition) is 0. The molecule has 0 saturated carbocycles. The number of aryl methyl sites for hydroxylation is 1. The number of fused-ring (bicyclic) bond motifs is 2. The van der Waals surface area contributed by atoms with Crippen molar-refractivity contribution in [3.8, 4) is 0 Å². The van der Waals surface area contributed by atoms with Gasteiger partial charge in [0.1, 0.15) is 5.82 Å². The molecule has 0 bridgehead atoms. The second-order valence-corrected chi connectivity index (χ2v) is 11.2. The molecule has 6 heteroatoms. The molecule has 3 aromatic rings. The van der Waals surface area contributed by atoms with Crippen LogP contribution in [0.1, 0.15) is 40.9 Å². The van der Waals surface area contributed by atoms with Crippen molar-refractivity contribution in [2.45, 2.75) is 36.9 Å². The van der Waals surface area contributed by atoms with Crippen LogP contribution in [0.2, 0.25) is 0 Å². The smallest absolute Gasteiger partial charge is 0.268 e. The summed E-state index contributed by atoms with van der Waals surface area (Å²) in [6.45, 7) is 6.87. The topological polar surface area (TPSA) is 40.6 Å². The van der Waals surface area contributed by atoms with E-state index >= 15 is 0 Å². The predicted octanol–water partition coefficient (Wildman–Crippen LogP) is 5.50. The summed E-state index contributed by atoms with van der Waals surface area (Å²) >= 11 is 1.51. The third-order valence-electron chi connectivity index (χ3n) is 6.19. The maximum atomic E-state index is 14.2. The molecular formula is C27H25FN2O2S. The van der Waals surface area contributed by atoms with E-state index in [2.05, 4.69) is 0 Å². The van der Waals surface area contributed by atoms with Gasteiger partial charge in [-0.25, -0.2) is 4.39 Å². The normalized spacial score (nSPS) is 21.0. The number of benzene rings is 3. The van der Waals surface area contributed by atoms with E-state index in [1.807, 2.05) is 69.3 Å². The minimum Gasteiger partial charge on any atom is -0.310 e. The summed E-state index contributed by atoms with van der Waals surface area (Å²) in [6, 6.07) is 21.5. The summed E-state index contributed by atoms with van der Waals surface area (Å²) < 4.78 is 13.6. The monoisotopic (exact) mass is 460 g/mol. The zero-order chi connectivity index (χ0) is 23.4. The zero-order valence-corrected chi connectivity index (χ0v) is 19.7. The first-order valence-electron chi connectivity index (χ1n) is 11.0. The van der Waals surface area contributed by atoms with Gasteiger partial charge in [-0.15, -0.1) is 11.8 Å². The van der Waals surface area contributed by atoms with Crippen LogP contribution in [0.3, 0.4) is 0 Å². The largest absolute Gasteiger partial charge is 0.310 e. The van der Waals surface area contributed by atoms with E-state index in [4.69, 9.17) is 0 Å². The molecule has 0 N–H and O–H groups in total. The molecule has 5 rings (SSSR count). The van der Waals surface area contributed by atoms with E-state index in [1.165, 1.54) is 30.0 Å².